The van der Waals surface area contributed by atoms with Crippen LogP contribution in [-0.4, -0.2) is 59.9 Å². The van der Waals surface area contributed by atoms with Gasteiger partial charge in [0.15, 0.2) is 6.10 Å². The number of hydrogen-bond acceptors (Lipinski definition) is 9. The molecule has 0 aliphatic rings. The van der Waals surface area contributed by atoms with Gasteiger partial charge in [0.2, 0.25) is 0 Å². The first-order valence-corrected chi connectivity index (χ1v) is 24.8. The summed E-state index contributed by atoms with van der Waals surface area (Å²) < 4.78 is 32.6. The van der Waals surface area contributed by atoms with Crippen LogP contribution in [0.5, 0.6) is 0 Å². The largest absolute Gasteiger partial charge is 0.480 e. The van der Waals surface area contributed by atoms with Gasteiger partial charge in [0.1, 0.15) is 12.6 Å². The first-order valence-electron chi connectivity index (χ1n) is 23.3. The number of nitrogens with two attached hydrogens (primary N) is 1. The molecular weight excluding hydrogens is 806 g/mol. The van der Waals surface area contributed by atoms with E-state index in [9.17, 15) is 23.8 Å². The number of carboxylic acid groups (broad SMARTS) is 1. The third-order valence-corrected chi connectivity index (χ3v) is 10.3. The topological polar surface area (TPSA) is 172 Å². The summed E-state index contributed by atoms with van der Waals surface area (Å²) in [7, 11) is -4.75. The molecule has 0 aliphatic heterocycles. The van der Waals surface area contributed by atoms with Crippen molar-refractivity contribution in [3.8, 4) is 0 Å². The Morgan fingerprint density at radius 1 is 0.500 bits per heavy atom. The SMILES string of the molecule is CCCCC/C=C/C/C=C/C/C=C/C/C=C/CCCC(=O)O[C@H](COC(=O)CCC/C=C/C/C=C/C/C=C/C/C=C/CCCCCCCCC)COP(=O)(O)OC[C@H](N)C(=O)O. The number of ether oxygens (including phenoxy) is 2. The summed E-state index contributed by atoms with van der Waals surface area (Å²) >= 11 is 0. The molecule has 1 unspecified atom stereocenters. The minimum atomic E-state index is -4.75. The maximum absolute atomic E-state index is 12.6. The first kappa shape index (κ1) is 58.4. The van der Waals surface area contributed by atoms with Crippen molar-refractivity contribution in [2.75, 3.05) is 19.8 Å². The second-order valence-electron chi connectivity index (χ2n) is 15.2. The minimum absolute atomic E-state index is 0.0679. The lowest BCUT2D eigenvalue weighted by Gasteiger charge is -2.20. The Morgan fingerprint density at radius 3 is 1.31 bits per heavy atom. The molecule has 0 aliphatic carbocycles. The summed E-state index contributed by atoms with van der Waals surface area (Å²) in [5.41, 5.74) is 5.33. The van der Waals surface area contributed by atoms with Crippen LogP contribution in [0.1, 0.15) is 168 Å². The summed E-state index contributed by atoms with van der Waals surface area (Å²) in [6.07, 6.45) is 56.3. The van der Waals surface area contributed by atoms with Gasteiger partial charge in [-0.25, -0.2) is 4.57 Å². The quantitative estimate of drug-likeness (QED) is 0.0230. The van der Waals surface area contributed by atoms with Crippen LogP contribution >= 0.6 is 7.82 Å². The van der Waals surface area contributed by atoms with Gasteiger partial charge < -0.3 is 25.2 Å². The molecule has 0 radical (unpaired) electrons. The van der Waals surface area contributed by atoms with E-state index < -0.39 is 57.7 Å². The van der Waals surface area contributed by atoms with Crippen LogP contribution in [0.2, 0.25) is 0 Å². The van der Waals surface area contributed by atoms with Crippen LogP contribution in [-0.2, 0) is 37.5 Å². The molecule has 0 amide bonds. The van der Waals surface area contributed by atoms with Gasteiger partial charge in [-0.05, 0) is 89.9 Å². The van der Waals surface area contributed by atoms with E-state index in [2.05, 4.69) is 91.3 Å². The maximum atomic E-state index is 12.6. The second kappa shape index (κ2) is 44.0. The normalized spacial score (nSPS) is 14.5. The van der Waals surface area contributed by atoms with E-state index in [1.165, 1.54) is 70.6 Å². The highest BCUT2D eigenvalue weighted by molar-refractivity contribution is 7.47. The fourth-order valence-corrected chi connectivity index (χ4v) is 6.42. The van der Waals surface area contributed by atoms with E-state index in [0.29, 0.717) is 25.7 Å². The Bertz CT molecular complexity index is 1410. The molecule has 0 aromatic rings. The average Bonchev–Trinajstić information content (AvgIpc) is 3.25. The summed E-state index contributed by atoms with van der Waals surface area (Å²) in [6, 6.07) is -1.54. The molecule has 12 heteroatoms. The summed E-state index contributed by atoms with van der Waals surface area (Å²) in [5, 5.41) is 8.90. The number of carboxylic acids is 1. The van der Waals surface area contributed by atoms with E-state index in [4.69, 9.17) is 24.8 Å². The first-order chi connectivity index (χ1) is 30.1. The molecule has 0 saturated heterocycles. The van der Waals surface area contributed by atoms with E-state index in [-0.39, 0.29) is 12.8 Å². The molecule has 352 valence electrons. The van der Waals surface area contributed by atoms with Crippen molar-refractivity contribution in [2.45, 2.75) is 180 Å². The Hall–Kier alpha value is -3.60. The zero-order chi connectivity index (χ0) is 45.6. The predicted octanol–water partition coefficient (Wildman–Crippen LogP) is 12.8. The summed E-state index contributed by atoms with van der Waals surface area (Å²) in [5.74, 6) is -2.53. The molecule has 0 fully saturated rings. The standard InChI is InChI=1S/C50H82NO10P/c1-3-5-7-9-11-13-15-17-19-21-22-23-24-26-27-29-31-33-35-37-39-41-48(52)58-43-46(44-59-62(56,57)60-45-47(51)50(54)55)61-49(53)42-40-38-36-34-32-30-28-25-20-18-16-14-12-10-8-6-4-2/h12,14,18-21,23-24,27-30,33-36,46-47H,3-11,13,15-17,22,25-26,31-32,37-45,51H2,1-2H3,(H,54,55)(H,56,57)/b14-12+,20-18+,21-19+,24-23+,29-27+,30-28+,35-33+,36-34+/t46-,47+/m1/s1. The Kier molecular flexibility index (Phi) is 41.5. The molecule has 0 aromatic carbocycles. The van der Waals surface area contributed by atoms with Crippen molar-refractivity contribution in [1.29, 1.82) is 0 Å². The van der Waals surface area contributed by atoms with E-state index in [1.54, 1.807) is 0 Å². The van der Waals surface area contributed by atoms with Gasteiger partial charge in [-0.15, -0.1) is 0 Å². The van der Waals surface area contributed by atoms with Gasteiger partial charge in [0.25, 0.3) is 0 Å². The van der Waals surface area contributed by atoms with Crippen molar-refractivity contribution in [3.63, 3.8) is 0 Å². The van der Waals surface area contributed by atoms with E-state index in [0.717, 1.165) is 44.9 Å². The monoisotopic (exact) mass is 888 g/mol. The van der Waals surface area contributed by atoms with Gasteiger partial charge in [-0.1, -0.05) is 162 Å². The number of unbranched alkanes of at least 4 members (excludes halogenated alkanes) is 12. The zero-order valence-corrected chi connectivity index (χ0v) is 39.1. The van der Waals surface area contributed by atoms with Crippen molar-refractivity contribution < 1.29 is 47.5 Å². The van der Waals surface area contributed by atoms with Crippen LogP contribution in [0.25, 0.3) is 0 Å². The number of allylic oxidation sites excluding steroid dienone is 16. The highest BCUT2D eigenvalue weighted by Crippen LogP contribution is 2.43. The van der Waals surface area contributed by atoms with Crippen molar-refractivity contribution in [1.82, 2.24) is 0 Å². The fourth-order valence-electron chi connectivity index (χ4n) is 5.64. The molecule has 0 spiro atoms. The molecule has 62 heavy (non-hydrogen) atoms. The van der Waals surface area contributed by atoms with E-state index >= 15 is 0 Å². The third kappa shape index (κ3) is 43.1. The molecule has 0 aromatic heterocycles. The number of carbonyl (C=O) groups is 3. The average molecular weight is 888 g/mol. The number of esters is 2. The lowest BCUT2D eigenvalue weighted by molar-refractivity contribution is -0.161. The van der Waals surface area contributed by atoms with Crippen molar-refractivity contribution >= 4 is 25.7 Å². The Morgan fingerprint density at radius 2 is 0.855 bits per heavy atom. The van der Waals surface area contributed by atoms with Gasteiger partial charge in [0, 0.05) is 12.8 Å². The Labute approximate surface area is 375 Å². The van der Waals surface area contributed by atoms with Crippen LogP contribution in [0.4, 0.5) is 0 Å². The lowest BCUT2D eigenvalue weighted by atomic mass is 10.1. The van der Waals surface area contributed by atoms with Gasteiger partial charge >= 0.3 is 25.7 Å². The highest BCUT2D eigenvalue weighted by atomic mass is 31.2. The Balaban J connectivity index is 4.52. The minimum Gasteiger partial charge on any atom is -0.480 e. The zero-order valence-electron chi connectivity index (χ0n) is 38.2. The van der Waals surface area contributed by atoms with Crippen molar-refractivity contribution in [3.05, 3.63) is 97.2 Å². The molecular formula is C50H82NO10P. The van der Waals surface area contributed by atoms with Crippen LogP contribution < -0.4 is 5.73 Å². The summed E-state index contributed by atoms with van der Waals surface area (Å²) in [6.45, 7) is 2.65. The number of aliphatic carboxylic acids is 1. The molecule has 0 rings (SSSR count). The van der Waals surface area contributed by atoms with Crippen LogP contribution in [0.15, 0.2) is 97.2 Å². The fraction of sp³-hybridized carbons (Fsp3) is 0.620. The number of carbonyl (C=O) groups excluding carboxylic acids is 2. The van der Waals surface area contributed by atoms with Gasteiger partial charge in [0.05, 0.1) is 13.2 Å². The maximum Gasteiger partial charge on any atom is 0.472 e. The number of phosphoric ester groups is 1. The molecule has 0 bridgehead atoms. The number of phosphoric acid groups is 1. The molecule has 0 heterocycles. The lowest BCUT2D eigenvalue weighted by Crippen LogP contribution is -2.34. The third-order valence-electron chi connectivity index (χ3n) is 9.30. The van der Waals surface area contributed by atoms with Crippen LogP contribution in [0, 0.1) is 0 Å². The highest BCUT2D eigenvalue weighted by Gasteiger charge is 2.28. The molecule has 4 N–H and O–H groups in total. The predicted molar refractivity (Wildman–Crippen MR) is 253 cm³/mol. The second-order valence-corrected chi connectivity index (χ2v) is 16.6. The van der Waals surface area contributed by atoms with Gasteiger partial charge in [-0.3, -0.25) is 23.4 Å². The molecule has 3 atom stereocenters. The summed E-state index contributed by atoms with van der Waals surface area (Å²) in [4.78, 5) is 46.0. The van der Waals surface area contributed by atoms with Crippen LogP contribution in [0.3, 0.4) is 0 Å². The molecule has 0 saturated carbocycles. The smallest absolute Gasteiger partial charge is 0.472 e. The number of rotatable bonds is 42. The number of hydrogen-bond donors (Lipinski definition) is 3. The van der Waals surface area contributed by atoms with Gasteiger partial charge in [-0.2, -0.15) is 0 Å². The molecule has 11 nitrogen and oxygen atoms in total. The van der Waals surface area contributed by atoms with Crippen molar-refractivity contribution in [2.24, 2.45) is 5.73 Å². The van der Waals surface area contributed by atoms with E-state index in [1.807, 2.05) is 24.3 Å².